The summed E-state index contributed by atoms with van der Waals surface area (Å²) < 4.78 is 5.14. The molecule has 0 spiro atoms. The van der Waals surface area contributed by atoms with E-state index in [1.165, 1.54) is 0 Å². The van der Waals surface area contributed by atoms with Crippen molar-refractivity contribution < 1.29 is 9.53 Å². The summed E-state index contributed by atoms with van der Waals surface area (Å²) >= 11 is 0. The van der Waals surface area contributed by atoms with Gasteiger partial charge in [-0.1, -0.05) is 18.2 Å². The number of methoxy groups -OCH3 is 1. The van der Waals surface area contributed by atoms with E-state index in [-0.39, 0.29) is 12.5 Å². The summed E-state index contributed by atoms with van der Waals surface area (Å²) in [5, 5.41) is 4.99. The van der Waals surface area contributed by atoms with E-state index in [4.69, 9.17) is 10.5 Å². The second kappa shape index (κ2) is 7.10. The quantitative estimate of drug-likeness (QED) is 0.757. The highest BCUT2D eigenvalue weighted by molar-refractivity contribution is 5.98. The molecule has 0 aliphatic rings. The Morgan fingerprint density at radius 2 is 1.96 bits per heavy atom. The van der Waals surface area contributed by atoms with Crippen LogP contribution in [0.1, 0.15) is 11.5 Å². The number of nitrogens with zero attached hydrogens (tertiary/aromatic N) is 1. The Bertz CT molecular complexity index is 847. The second-order valence-electron chi connectivity index (χ2n) is 5.49. The summed E-state index contributed by atoms with van der Waals surface area (Å²) in [6.07, 6.45) is 3.52. The van der Waals surface area contributed by atoms with E-state index in [1.807, 2.05) is 48.5 Å². The number of nitrogens with one attached hydrogen (secondary N) is 1. The summed E-state index contributed by atoms with van der Waals surface area (Å²) in [6.45, 7) is 0.232. The number of aromatic nitrogens is 1. The standard InChI is InChI=1S/C19H19N3O2/c1-24-17-6-3-13(4-7-17)18(11-20)19(23)22-16-5-2-15-12-21-9-8-14(15)10-16/h2-10,12,18H,11,20H2,1H3,(H,22,23). The Hall–Kier alpha value is -2.92. The van der Waals surface area contributed by atoms with Crippen LogP contribution in [0.3, 0.4) is 0 Å². The molecule has 5 nitrogen and oxygen atoms in total. The maximum absolute atomic E-state index is 12.6. The fourth-order valence-electron chi connectivity index (χ4n) is 2.62. The number of anilines is 1. The molecule has 1 aromatic heterocycles. The van der Waals surface area contributed by atoms with Crippen molar-refractivity contribution in [1.29, 1.82) is 0 Å². The molecule has 3 rings (SSSR count). The second-order valence-corrected chi connectivity index (χ2v) is 5.49. The highest BCUT2D eigenvalue weighted by atomic mass is 16.5. The van der Waals surface area contributed by atoms with Crippen LogP contribution in [0.15, 0.2) is 60.9 Å². The molecular weight excluding hydrogens is 302 g/mol. The van der Waals surface area contributed by atoms with E-state index >= 15 is 0 Å². The molecule has 1 heterocycles. The number of ether oxygens (including phenoxy) is 1. The SMILES string of the molecule is COc1ccc(C(CN)C(=O)Nc2ccc3cnccc3c2)cc1. The molecule has 1 atom stereocenters. The third kappa shape index (κ3) is 3.36. The van der Waals surface area contributed by atoms with Crippen molar-refractivity contribution in [3.63, 3.8) is 0 Å². The van der Waals surface area contributed by atoms with Gasteiger partial charge < -0.3 is 15.8 Å². The van der Waals surface area contributed by atoms with Crippen molar-refractivity contribution in [3.8, 4) is 5.75 Å². The fraction of sp³-hybridized carbons (Fsp3) is 0.158. The van der Waals surface area contributed by atoms with Crippen LogP contribution in [0.5, 0.6) is 5.75 Å². The molecule has 3 N–H and O–H groups in total. The zero-order valence-corrected chi connectivity index (χ0v) is 13.4. The van der Waals surface area contributed by atoms with E-state index in [1.54, 1.807) is 19.5 Å². The number of carbonyl (C=O) groups is 1. The first-order valence-corrected chi connectivity index (χ1v) is 7.70. The third-order valence-corrected chi connectivity index (χ3v) is 3.98. The van der Waals surface area contributed by atoms with Gasteiger partial charge in [0.1, 0.15) is 5.75 Å². The highest BCUT2D eigenvalue weighted by Crippen LogP contribution is 2.22. The molecule has 24 heavy (non-hydrogen) atoms. The van der Waals surface area contributed by atoms with E-state index in [0.29, 0.717) is 0 Å². The van der Waals surface area contributed by atoms with Crippen molar-refractivity contribution >= 4 is 22.4 Å². The molecule has 3 aromatic rings. The van der Waals surface area contributed by atoms with Crippen molar-refractivity contribution in [2.75, 3.05) is 19.0 Å². The van der Waals surface area contributed by atoms with Crippen LogP contribution in [0.4, 0.5) is 5.69 Å². The van der Waals surface area contributed by atoms with Gasteiger partial charge in [0.25, 0.3) is 0 Å². The molecule has 0 radical (unpaired) electrons. The number of carbonyl (C=O) groups excluding carboxylic acids is 1. The van der Waals surface area contributed by atoms with E-state index in [0.717, 1.165) is 27.8 Å². The summed E-state index contributed by atoms with van der Waals surface area (Å²) in [6, 6.07) is 15.0. The summed E-state index contributed by atoms with van der Waals surface area (Å²) in [5.41, 5.74) is 7.42. The van der Waals surface area contributed by atoms with Crippen molar-refractivity contribution in [3.05, 3.63) is 66.5 Å². The molecule has 0 saturated heterocycles. The number of hydrogen-bond acceptors (Lipinski definition) is 4. The summed E-state index contributed by atoms with van der Waals surface area (Å²) in [7, 11) is 1.61. The molecule has 1 unspecified atom stereocenters. The average molecular weight is 321 g/mol. The van der Waals surface area contributed by atoms with Crippen LogP contribution in [0, 0.1) is 0 Å². The molecule has 122 valence electrons. The Labute approximate surface area is 140 Å². The minimum absolute atomic E-state index is 0.129. The van der Waals surface area contributed by atoms with Crippen molar-refractivity contribution in [2.45, 2.75) is 5.92 Å². The number of hydrogen-bond donors (Lipinski definition) is 2. The Morgan fingerprint density at radius 1 is 1.17 bits per heavy atom. The first kappa shape index (κ1) is 16.0. The maximum Gasteiger partial charge on any atom is 0.233 e. The Morgan fingerprint density at radius 3 is 2.67 bits per heavy atom. The van der Waals surface area contributed by atoms with Crippen LogP contribution < -0.4 is 15.8 Å². The molecule has 1 amide bonds. The van der Waals surface area contributed by atoms with Crippen LogP contribution >= 0.6 is 0 Å². The van der Waals surface area contributed by atoms with Gasteiger partial charge in [-0.25, -0.2) is 0 Å². The van der Waals surface area contributed by atoms with Gasteiger partial charge in [-0.05, 0) is 41.3 Å². The molecule has 0 fully saturated rings. The topological polar surface area (TPSA) is 77.2 Å². The number of nitrogens with two attached hydrogens (primary N) is 1. The average Bonchev–Trinajstić information content (AvgIpc) is 2.63. The lowest BCUT2D eigenvalue weighted by Gasteiger charge is -2.16. The van der Waals surface area contributed by atoms with Gasteiger partial charge in [-0.3, -0.25) is 9.78 Å². The molecule has 0 saturated carbocycles. The minimum Gasteiger partial charge on any atom is -0.497 e. The van der Waals surface area contributed by atoms with Gasteiger partial charge in [-0.2, -0.15) is 0 Å². The van der Waals surface area contributed by atoms with Gasteiger partial charge in [0.15, 0.2) is 0 Å². The third-order valence-electron chi connectivity index (χ3n) is 3.98. The predicted octanol–water partition coefficient (Wildman–Crippen LogP) is 2.92. The highest BCUT2D eigenvalue weighted by Gasteiger charge is 2.19. The minimum atomic E-state index is -0.413. The van der Waals surface area contributed by atoms with Gasteiger partial charge >= 0.3 is 0 Å². The van der Waals surface area contributed by atoms with Gasteiger partial charge in [0, 0.05) is 30.0 Å². The van der Waals surface area contributed by atoms with E-state index in [9.17, 15) is 4.79 Å². The number of rotatable bonds is 5. The largest absolute Gasteiger partial charge is 0.497 e. The maximum atomic E-state index is 12.6. The normalized spacial score (nSPS) is 11.9. The molecule has 2 aromatic carbocycles. The smallest absolute Gasteiger partial charge is 0.233 e. The number of amides is 1. The van der Waals surface area contributed by atoms with Gasteiger partial charge in [-0.15, -0.1) is 0 Å². The van der Waals surface area contributed by atoms with Crippen LogP contribution in [-0.4, -0.2) is 24.5 Å². The number of fused-ring (bicyclic) bond motifs is 1. The zero-order chi connectivity index (χ0) is 16.9. The molecule has 0 aliphatic heterocycles. The summed E-state index contributed by atoms with van der Waals surface area (Å²) in [4.78, 5) is 16.7. The molecule has 5 heteroatoms. The van der Waals surface area contributed by atoms with Crippen LogP contribution in [-0.2, 0) is 4.79 Å². The van der Waals surface area contributed by atoms with E-state index in [2.05, 4.69) is 10.3 Å². The molecule has 0 aliphatic carbocycles. The summed E-state index contributed by atoms with van der Waals surface area (Å²) in [5.74, 6) is 0.207. The predicted molar refractivity (Wildman–Crippen MR) is 95.2 cm³/mol. The first-order valence-electron chi connectivity index (χ1n) is 7.70. The van der Waals surface area contributed by atoms with Crippen molar-refractivity contribution in [1.82, 2.24) is 4.98 Å². The van der Waals surface area contributed by atoms with Gasteiger partial charge in [0.05, 0.1) is 13.0 Å². The van der Waals surface area contributed by atoms with E-state index < -0.39 is 5.92 Å². The lowest BCUT2D eigenvalue weighted by molar-refractivity contribution is -0.117. The molecular formula is C19H19N3O2. The number of pyridine rings is 1. The monoisotopic (exact) mass is 321 g/mol. The van der Waals surface area contributed by atoms with Crippen LogP contribution in [0.25, 0.3) is 10.8 Å². The Balaban J connectivity index is 1.79. The lowest BCUT2D eigenvalue weighted by atomic mass is 9.98. The zero-order valence-electron chi connectivity index (χ0n) is 13.4. The number of benzene rings is 2. The lowest BCUT2D eigenvalue weighted by Crippen LogP contribution is -2.27. The fourth-order valence-corrected chi connectivity index (χ4v) is 2.62. The first-order chi connectivity index (χ1) is 11.7. The molecule has 0 bridgehead atoms. The Kier molecular flexibility index (Phi) is 4.72. The van der Waals surface area contributed by atoms with Gasteiger partial charge in [0.2, 0.25) is 5.91 Å². The van der Waals surface area contributed by atoms with Crippen LogP contribution in [0.2, 0.25) is 0 Å². The van der Waals surface area contributed by atoms with Crippen molar-refractivity contribution in [2.24, 2.45) is 5.73 Å².